The van der Waals surface area contributed by atoms with E-state index in [1.165, 1.54) is 0 Å². The van der Waals surface area contributed by atoms with Crippen LogP contribution in [-0.4, -0.2) is 22.8 Å². The van der Waals surface area contributed by atoms with Crippen molar-refractivity contribution in [2.45, 2.75) is 20.8 Å². The van der Waals surface area contributed by atoms with E-state index < -0.39 is 0 Å². The molecule has 2 rings (SSSR count). The van der Waals surface area contributed by atoms with Crippen molar-refractivity contribution in [3.05, 3.63) is 72.0 Å². The van der Waals surface area contributed by atoms with Crippen LogP contribution in [0.15, 0.2) is 76.6 Å². The minimum atomic E-state index is 0.613. The Morgan fingerprint density at radius 2 is 2.03 bits per heavy atom. The Morgan fingerprint density at radius 3 is 2.62 bits per heavy atom. The second-order valence-electron chi connectivity index (χ2n) is 5.91. The SMILES string of the molecule is C=C\C=C(/C=C(C)/C=N\N)Nc1nc(-c2cccc(N)c2)cn(C)c1=NC.CC. The summed E-state index contributed by atoms with van der Waals surface area (Å²) in [4.78, 5) is 9.09. The molecule has 29 heavy (non-hydrogen) atoms. The molecule has 1 heterocycles. The topological polar surface area (TPSA) is 107 Å². The van der Waals surface area contributed by atoms with E-state index in [1.54, 1.807) is 19.3 Å². The number of nitrogens with two attached hydrogens (primary N) is 2. The molecule has 0 saturated carbocycles. The van der Waals surface area contributed by atoms with Crippen LogP contribution in [0.1, 0.15) is 20.8 Å². The van der Waals surface area contributed by atoms with Gasteiger partial charge >= 0.3 is 0 Å². The predicted molar refractivity (Wildman–Crippen MR) is 124 cm³/mol. The van der Waals surface area contributed by atoms with Gasteiger partial charge in [-0.15, -0.1) is 0 Å². The van der Waals surface area contributed by atoms with Gasteiger partial charge in [0.15, 0.2) is 11.3 Å². The average Bonchev–Trinajstić information content (AvgIpc) is 2.69. The highest BCUT2D eigenvalue weighted by molar-refractivity contribution is 5.78. The Balaban J connectivity index is 0.00000204. The molecule has 0 unspecified atom stereocenters. The number of nitrogens with one attached hydrogen (secondary N) is 1. The fourth-order valence-electron chi connectivity index (χ4n) is 2.59. The van der Waals surface area contributed by atoms with Gasteiger partial charge < -0.3 is 21.5 Å². The highest BCUT2D eigenvalue weighted by Gasteiger charge is 2.08. The second kappa shape index (κ2) is 12.0. The van der Waals surface area contributed by atoms with Gasteiger partial charge in [0.2, 0.25) is 0 Å². The number of aryl methyl sites for hydroxylation is 1. The van der Waals surface area contributed by atoms with Gasteiger partial charge in [0.05, 0.1) is 5.69 Å². The summed E-state index contributed by atoms with van der Waals surface area (Å²) < 4.78 is 1.91. The Morgan fingerprint density at radius 1 is 1.31 bits per heavy atom. The Labute approximate surface area is 172 Å². The number of allylic oxidation sites excluding steroid dienone is 4. The number of hydrazone groups is 1. The summed E-state index contributed by atoms with van der Waals surface area (Å²) in [5.41, 5.74) is 10.7. The van der Waals surface area contributed by atoms with Crippen LogP contribution in [-0.2, 0) is 7.05 Å². The van der Waals surface area contributed by atoms with Gasteiger partial charge in [-0.2, -0.15) is 5.10 Å². The molecule has 0 aliphatic carbocycles. The summed E-state index contributed by atoms with van der Waals surface area (Å²) >= 11 is 0. The minimum Gasteiger partial charge on any atom is -0.399 e. The average molecular weight is 394 g/mol. The molecule has 0 amide bonds. The van der Waals surface area contributed by atoms with Crippen LogP contribution < -0.4 is 22.4 Å². The van der Waals surface area contributed by atoms with Crippen LogP contribution in [0, 0.1) is 0 Å². The largest absolute Gasteiger partial charge is 0.399 e. The standard InChI is InChI=1S/C20H25N7.C2H6/c1-5-7-17(10-14(2)12-24-22)25-19-20(23-3)27(4)13-18(26-19)15-8-6-9-16(21)11-15;1-2/h5-13H,1,21-22H2,2-4H3,(H,25,26);1-2H3/b14-10+,17-7+,23-20?,24-12-;. The molecule has 0 aliphatic rings. The van der Waals surface area contributed by atoms with E-state index in [4.69, 9.17) is 16.6 Å². The molecule has 7 nitrogen and oxygen atoms in total. The first kappa shape index (κ1) is 23.4. The second-order valence-corrected chi connectivity index (χ2v) is 5.91. The smallest absolute Gasteiger partial charge is 0.174 e. The molecular formula is C22H31N7. The zero-order valence-electron chi connectivity index (χ0n) is 17.8. The van der Waals surface area contributed by atoms with Crippen molar-refractivity contribution in [2.24, 2.45) is 23.0 Å². The molecule has 1 aromatic heterocycles. The summed E-state index contributed by atoms with van der Waals surface area (Å²) in [6.07, 6.45) is 8.91. The summed E-state index contributed by atoms with van der Waals surface area (Å²) in [5, 5.41) is 6.85. The van der Waals surface area contributed by atoms with Crippen LogP contribution in [0.25, 0.3) is 11.3 Å². The minimum absolute atomic E-state index is 0.613. The molecule has 2 aromatic rings. The lowest BCUT2D eigenvalue weighted by Gasteiger charge is -2.13. The first-order chi connectivity index (χ1) is 14.0. The molecule has 0 radical (unpaired) electrons. The van der Waals surface area contributed by atoms with Crippen molar-refractivity contribution >= 4 is 17.7 Å². The normalized spacial score (nSPS) is 12.5. The zero-order chi connectivity index (χ0) is 21.8. The number of anilines is 2. The molecule has 0 atom stereocenters. The van der Waals surface area contributed by atoms with E-state index in [1.807, 2.05) is 75.0 Å². The van der Waals surface area contributed by atoms with Gasteiger partial charge in [-0.3, -0.25) is 4.99 Å². The number of nitrogen functional groups attached to an aromatic ring is 1. The summed E-state index contributed by atoms with van der Waals surface area (Å²) in [6.45, 7) is 9.66. The zero-order valence-corrected chi connectivity index (χ0v) is 17.8. The predicted octanol–water partition coefficient (Wildman–Crippen LogP) is 3.60. The van der Waals surface area contributed by atoms with Crippen molar-refractivity contribution < 1.29 is 0 Å². The van der Waals surface area contributed by atoms with Crippen LogP contribution in [0.5, 0.6) is 0 Å². The molecule has 0 spiro atoms. The molecule has 7 heteroatoms. The molecule has 0 aliphatic heterocycles. The first-order valence-corrected chi connectivity index (χ1v) is 9.36. The van der Waals surface area contributed by atoms with Gasteiger partial charge in [-0.1, -0.05) is 38.6 Å². The maximum absolute atomic E-state index is 5.91. The maximum atomic E-state index is 5.91. The number of benzene rings is 1. The van der Waals surface area contributed by atoms with E-state index in [0.29, 0.717) is 17.0 Å². The molecule has 5 N–H and O–H groups in total. The van der Waals surface area contributed by atoms with E-state index in [9.17, 15) is 0 Å². The van der Waals surface area contributed by atoms with E-state index >= 15 is 0 Å². The number of hydrogen-bond donors (Lipinski definition) is 3. The van der Waals surface area contributed by atoms with Crippen LogP contribution in [0.2, 0.25) is 0 Å². The Hall–Kier alpha value is -3.61. The van der Waals surface area contributed by atoms with Gasteiger partial charge in [-0.05, 0) is 36.8 Å². The van der Waals surface area contributed by atoms with Crippen LogP contribution >= 0.6 is 0 Å². The molecule has 1 aromatic carbocycles. The summed E-state index contributed by atoms with van der Waals surface area (Å²) in [6, 6.07) is 7.60. The van der Waals surface area contributed by atoms with Crippen molar-refractivity contribution in [1.82, 2.24) is 9.55 Å². The van der Waals surface area contributed by atoms with Crippen molar-refractivity contribution in [3.8, 4) is 11.3 Å². The Kier molecular flexibility index (Phi) is 9.67. The van der Waals surface area contributed by atoms with E-state index in [0.717, 1.165) is 22.5 Å². The third kappa shape index (κ3) is 6.80. The van der Waals surface area contributed by atoms with Gasteiger partial charge in [0, 0.05) is 43.5 Å². The van der Waals surface area contributed by atoms with Gasteiger partial charge in [0.1, 0.15) is 0 Å². The number of rotatable bonds is 6. The van der Waals surface area contributed by atoms with Crippen LogP contribution in [0.4, 0.5) is 11.5 Å². The number of nitrogens with zero attached hydrogens (tertiary/aromatic N) is 4. The van der Waals surface area contributed by atoms with Crippen LogP contribution in [0.3, 0.4) is 0 Å². The van der Waals surface area contributed by atoms with Crippen molar-refractivity contribution in [2.75, 3.05) is 18.1 Å². The fraction of sp³-hybridized carbons (Fsp3) is 0.227. The first-order valence-electron chi connectivity index (χ1n) is 9.36. The quantitative estimate of drug-likeness (QED) is 0.229. The number of aromatic nitrogens is 2. The summed E-state index contributed by atoms with van der Waals surface area (Å²) in [7, 11) is 3.64. The highest BCUT2D eigenvalue weighted by Crippen LogP contribution is 2.20. The van der Waals surface area contributed by atoms with Crippen molar-refractivity contribution in [3.63, 3.8) is 0 Å². The monoisotopic (exact) mass is 393 g/mol. The molecule has 0 bridgehead atoms. The molecular weight excluding hydrogens is 362 g/mol. The van der Waals surface area contributed by atoms with Gasteiger partial charge in [0.25, 0.3) is 0 Å². The van der Waals surface area contributed by atoms with E-state index in [2.05, 4.69) is 22.0 Å². The fourth-order valence-corrected chi connectivity index (χ4v) is 2.59. The molecule has 0 saturated heterocycles. The molecule has 154 valence electrons. The third-order valence-electron chi connectivity index (χ3n) is 3.71. The molecule has 0 fully saturated rings. The number of hydrogen-bond acceptors (Lipinski definition) is 6. The summed E-state index contributed by atoms with van der Waals surface area (Å²) in [5.74, 6) is 5.83. The lowest BCUT2D eigenvalue weighted by molar-refractivity contribution is 0.816. The maximum Gasteiger partial charge on any atom is 0.174 e. The lowest BCUT2D eigenvalue weighted by atomic mass is 10.1. The Bertz CT molecular complexity index is 979. The van der Waals surface area contributed by atoms with Gasteiger partial charge in [-0.25, -0.2) is 4.98 Å². The highest BCUT2D eigenvalue weighted by atomic mass is 15.1. The lowest BCUT2D eigenvalue weighted by Crippen LogP contribution is -2.24. The van der Waals surface area contributed by atoms with E-state index in [-0.39, 0.29) is 0 Å². The third-order valence-corrected chi connectivity index (χ3v) is 3.71. The van der Waals surface area contributed by atoms with Crippen molar-refractivity contribution in [1.29, 1.82) is 0 Å².